The fraction of sp³-hybridized carbons (Fsp3) is 0.308. The van der Waals surface area contributed by atoms with Gasteiger partial charge < -0.3 is 10.4 Å². The molecule has 0 radical (unpaired) electrons. The molecule has 0 bridgehead atoms. The van der Waals surface area contributed by atoms with Crippen LogP contribution in [0.1, 0.15) is 15.9 Å². The third-order valence-corrected chi connectivity index (χ3v) is 3.24. The van der Waals surface area contributed by atoms with Gasteiger partial charge in [-0.2, -0.15) is 13.2 Å². The number of carbonyl (C=O) groups excluding carboxylic acids is 1. The van der Waals surface area contributed by atoms with E-state index in [1.165, 1.54) is 18.2 Å². The normalized spacial score (nSPS) is 10.7. The van der Waals surface area contributed by atoms with E-state index >= 15 is 0 Å². The van der Waals surface area contributed by atoms with Crippen LogP contribution in [0.2, 0.25) is 5.02 Å². The molecule has 0 aliphatic heterocycles. The number of carbonyl (C=O) groups is 1. The first kappa shape index (κ1) is 17.7. The van der Waals surface area contributed by atoms with E-state index in [0.717, 1.165) is 0 Å². The minimum absolute atomic E-state index is 0.104. The van der Waals surface area contributed by atoms with Gasteiger partial charge in [-0.1, -0.05) is 23.4 Å². The van der Waals surface area contributed by atoms with Crippen molar-refractivity contribution in [3.05, 3.63) is 34.3 Å². The first-order valence-corrected chi connectivity index (χ1v) is 7.08. The summed E-state index contributed by atoms with van der Waals surface area (Å²) in [7, 11) is 0. The van der Waals surface area contributed by atoms with E-state index < -0.39 is 11.4 Å². The number of thioether (sulfide) groups is 1. The number of hydrogen-bond donors (Lipinski definition) is 2. The van der Waals surface area contributed by atoms with Gasteiger partial charge in [-0.25, -0.2) is 0 Å². The van der Waals surface area contributed by atoms with Gasteiger partial charge in [-0.3, -0.25) is 4.79 Å². The van der Waals surface area contributed by atoms with Crippen molar-refractivity contribution in [3.63, 3.8) is 0 Å². The lowest BCUT2D eigenvalue weighted by molar-refractivity contribution is -0.0327. The molecule has 0 aliphatic carbocycles. The second-order valence-electron chi connectivity index (χ2n) is 3.70. The van der Waals surface area contributed by atoms with E-state index in [9.17, 15) is 18.0 Å². The van der Waals surface area contributed by atoms with Crippen LogP contribution in [-0.4, -0.2) is 35.4 Å². The zero-order valence-corrected chi connectivity index (χ0v) is 12.2. The number of hydrogen-bond acceptors (Lipinski definition) is 3. The molecule has 0 spiro atoms. The van der Waals surface area contributed by atoms with Crippen LogP contribution in [0.15, 0.2) is 18.2 Å². The molecule has 1 aromatic rings. The van der Waals surface area contributed by atoms with Gasteiger partial charge in [-0.05, 0) is 30.0 Å². The van der Waals surface area contributed by atoms with Crippen molar-refractivity contribution in [1.82, 2.24) is 5.32 Å². The number of halogens is 4. The number of nitrogens with one attached hydrogen (secondary N) is 1. The van der Waals surface area contributed by atoms with Gasteiger partial charge in [0.2, 0.25) is 0 Å². The number of alkyl halides is 3. The predicted molar refractivity (Wildman–Crippen MR) is 76.3 cm³/mol. The van der Waals surface area contributed by atoms with Gasteiger partial charge in [0.15, 0.2) is 0 Å². The molecule has 1 amide bonds. The van der Waals surface area contributed by atoms with Crippen molar-refractivity contribution in [1.29, 1.82) is 0 Å². The van der Waals surface area contributed by atoms with Gasteiger partial charge in [0.05, 0.1) is 5.02 Å². The van der Waals surface area contributed by atoms with Crippen molar-refractivity contribution in [2.24, 2.45) is 0 Å². The minimum Gasteiger partial charge on any atom is -0.384 e. The molecule has 0 unspecified atom stereocenters. The lowest BCUT2D eigenvalue weighted by Gasteiger charge is -2.07. The first-order chi connectivity index (χ1) is 9.83. The van der Waals surface area contributed by atoms with Crippen LogP contribution in [0.5, 0.6) is 0 Å². The summed E-state index contributed by atoms with van der Waals surface area (Å²) in [5.74, 6) is 4.25. The van der Waals surface area contributed by atoms with Crippen LogP contribution in [0.25, 0.3) is 0 Å². The predicted octanol–water partition coefficient (Wildman–Crippen LogP) is 2.67. The molecule has 1 aromatic carbocycles. The Morgan fingerprint density at radius 3 is 2.71 bits per heavy atom. The summed E-state index contributed by atoms with van der Waals surface area (Å²) in [4.78, 5) is 11.7. The minimum atomic E-state index is -4.30. The molecule has 3 nitrogen and oxygen atoms in total. The highest BCUT2D eigenvalue weighted by Gasteiger charge is 2.27. The SMILES string of the molecule is O=C(NCCSC(F)(F)F)c1ccc(C#CCO)c(Cl)c1. The Balaban J connectivity index is 2.57. The maximum absolute atomic E-state index is 11.9. The number of amides is 1. The quantitative estimate of drug-likeness (QED) is 0.656. The van der Waals surface area contributed by atoms with Gasteiger partial charge in [0.25, 0.3) is 5.91 Å². The molecule has 0 heterocycles. The van der Waals surface area contributed by atoms with Crippen LogP contribution >= 0.6 is 23.4 Å². The highest BCUT2D eigenvalue weighted by molar-refractivity contribution is 8.00. The van der Waals surface area contributed by atoms with E-state index in [4.69, 9.17) is 16.7 Å². The number of benzene rings is 1. The van der Waals surface area contributed by atoms with Crippen LogP contribution in [0.3, 0.4) is 0 Å². The average Bonchev–Trinajstić information content (AvgIpc) is 2.41. The molecular weight excluding hydrogens is 327 g/mol. The van der Waals surface area contributed by atoms with Crippen molar-refractivity contribution in [2.75, 3.05) is 18.9 Å². The van der Waals surface area contributed by atoms with Crippen LogP contribution in [0.4, 0.5) is 13.2 Å². The second-order valence-corrected chi connectivity index (χ2v) is 5.27. The van der Waals surface area contributed by atoms with Crippen molar-refractivity contribution in [3.8, 4) is 11.8 Å². The Morgan fingerprint density at radius 2 is 2.14 bits per heavy atom. The van der Waals surface area contributed by atoms with E-state index in [1.54, 1.807) is 0 Å². The maximum atomic E-state index is 11.9. The number of aliphatic hydroxyl groups is 1. The standard InChI is InChI=1S/C13H11ClF3NO2S/c14-11-8-10(4-3-9(11)2-1-6-19)12(20)18-5-7-21-13(15,16)17/h3-4,8,19H,5-7H2,(H,18,20). The summed E-state index contributed by atoms with van der Waals surface area (Å²) in [6, 6.07) is 4.33. The monoisotopic (exact) mass is 337 g/mol. The van der Waals surface area contributed by atoms with Crippen LogP contribution in [-0.2, 0) is 0 Å². The van der Waals surface area contributed by atoms with Gasteiger partial charge >= 0.3 is 5.51 Å². The average molecular weight is 338 g/mol. The Kier molecular flexibility index (Phi) is 6.89. The third kappa shape index (κ3) is 6.76. The third-order valence-electron chi connectivity index (χ3n) is 2.19. The molecule has 0 fully saturated rings. The van der Waals surface area contributed by atoms with Gasteiger partial charge in [-0.15, -0.1) is 0 Å². The topological polar surface area (TPSA) is 49.3 Å². The Bertz CT molecular complexity index is 567. The molecule has 0 saturated heterocycles. The van der Waals surface area contributed by atoms with Gasteiger partial charge in [0.1, 0.15) is 6.61 Å². The van der Waals surface area contributed by atoms with E-state index in [1.807, 2.05) is 0 Å². The molecule has 0 atom stereocenters. The summed E-state index contributed by atoms with van der Waals surface area (Å²) in [6.45, 7) is -0.415. The molecule has 0 saturated carbocycles. The molecule has 1 rings (SSSR count). The van der Waals surface area contributed by atoms with Crippen molar-refractivity contribution >= 4 is 29.3 Å². The first-order valence-electron chi connectivity index (χ1n) is 5.71. The molecular formula is C13H11ClF3NO2S. The summed E-state index contributed by atoms with van der Waals surface area (Å²) in [5, 5.41) is 11.2. The maximum Gasteiger partial charge on any atom is 0.441 e. The molecule has 8 heteroatoms. The van der Waals surface area contributed by atoms with E-state index in [2.05, 4.69) is 17.2 Å². The molecule has 2 N–H and O–H groups in total. The van der Waals surface area contributed by atoms with E-state index in [-0.39, 0.29) is 41.3 Å². The van der Waals surface area contributed by atoms with Crippen LogP contribution < -0.4 is 5.32 Å². The van der Waals surface area contributed by atoms with E-state index in [0.29, 0.717) is 5.56 Å². The lowest BCUT2D eigenvalue weighted by Crippen LogP contribution is -2.26. The fourth-order valence-corrected chi connectivity index (χ4v) is 1.99. The smallest absolute Gasteiger partial charge is 0.384 e. The Morgan fingerprint density at radius 1 is 1.43 bits per heavy atom. The number of aliphatic hydroxyl groups excluding tert-OH is 1. The summed E-state index contributed by atoms with van der Waals surface area (Å²) in [6.07, 6.45) is 0. The van der Waals surface area contributed by atoms with Gasteiger partial charge in [0, 0.05) is 23.4 Å². The summed E-state index contributed by atoms with van der Waals surface area (Å²) < 4.78 is 35.7. The summed E-state index contributed by atoms with van der Waals surface area (Å²) >= 11 is 5.72. The zero-order chi connectivity index (χ0) is 15.9. The molecule has 0 aliphatic rings. The molecule has 114 valence electrons. The van der Waals surface area contributed by atoms with Crippen molar-refractivity contribution < 1.29 is 23.1 Å². The molecule has 0 aromatic heterocycles. The second kappa shape index (κ2) is 8.17. The highest BCUT2D eigenvalue weighted by Crippen LogP contribution is 2.29. The fourth-order valence-electron chi connectivity index (χ4n) is 1.33. The highest BCUT2D eigenvalue weighted by atomic mass is 35.5. The molecule has 21 heavy (non-hydrogen) atoms. The number of rotatable bonds is 4. The van der Waals surface area contributed by atoms with Crippen LogP contribution in [0, 0.1) is 11.8 Å². The largest absolute Gasteiger partial charge is 0.441 e. The van der Waals surface area contributed by atoms with Crippen molar-refractivity contribution in [2.45, 2.75) is 5.51 Å². The Labute approximate surface area is 128 Å². The lowest BCUT2D eigenvalue weighted by atomic mass is 10.1. The Hall–Kier alpha value is -1.36. The zero-order valence-electron chi connectivity index (χ0n) is 10.6. The summed E-state index contributed by atoms with van der Waals surface area (Å²) in [5.41, 5.74) is -3.62.